The van der Waals surface area contributed by atoms with E-state index in [1.165, 1.54) is 11.8 Å². The highest BCUT2D eigenvalue weighted by molar-refractivity contribution is 7.99. The molecule has 0 spiro atoms. The van der Waals surface area contributed by atoms with Crippen molar-refractivity contribution in [3.05, 3.63) is 24.3 Å². The van der Waals surface area contributed by atoms with Crippen LogP contribution in [-0.2, 0) is 19.1 Å². The summed E-state index contributed by atoms with van der Waals surface area (Å²) >= 11 is 1.27. The molecular weight excluding hydrogens is 396 g/mol. The summed E-state index contributed by atoms with van der Waals surface area (Å²) in [6.45, 7) is 0.555. The molecule has 0 radical (unpaired) electrons. The number of carbonyl (C=O) groups excluding carboxylic acids is 4. The van der Waals surface area contributed by atoms with E-state index >= 15 is 0 Å². The Morgan fingerprint density at radius 2 is 2.10 bits per heavy atom. The maximum absolute atomic E-state index is 12.5. The zero-order chi connectivity index (χ0) is 21.0. The minimum absolute atomic E-state index is 0.0877. The van der Waals surface area contributed by atoms with Crippen LogP contribution in [0.5, 0.6) is 0 Å². The zero-order valence-electron chi connectivity index (χ0n) is 15.8. The molecule has 1 aliphatic carbocycles. The molecule has 0 aromatic heterocycles. The van der Waals surface area contributed by atoms with Crippen LogP contribution in [-0.4, -0.2) is 53.2 Å². The van der Waals surface area contributed by atoms with Crippen molar-refractivity contribution in [2.75, 3.05) is 24.2 Å². The van der Waals surface area contributed by atoms with Crippen LogP contribution in [0, 0.1) is 17.2 Å². The first kappa shape index (κ1) is 20.7. The van der Waals surface area contributed by atoms with Gasteiger partial charge < -0.3 is 15.4 Å². The Bertz CT molecular complexity index is 895. The number of para-hydroxylation sites is 1. The summed E-state index contributed by atoms with van der Waals surface area (Å²) in [5.41, 5.74) is -0.470. The highest BCUT2D eigenvalue weighted by Gasteiger charge is 2.56. The molecule has 1 aliphatic heterocycles. The number of imide groups is 1. The van der Waals surface area contributed by atoms with E-state index in [0.29, 0.717) is 10.6 Å². The number of amides is 4. The van der Waals surface area contributed by atoms with E-state index in [1.54, 1.807) is 31.2 Å². The number of carbonyl (C=O) groups is 4. The fourth-order valence-electron chi connectivity index (χ4n) is 3.11. The molecule has 1 saturated heterocycles. The van der Waals surface area contributed by atoms with E-state index in [1.807, 2.05) is 6.07 Å². The number of thioether (sulfide) groups is 1. The first-order chi connectivity index (χ1) is 13.8. The third kappa shape index (κ3) is 4.68. The van der Waals surface area contributed by atoms with Crippen LogP contribution in [0.1, 0.15) is 19.8 Å². The Kier molecular flexibility index (Phi) is 6.08. The lowest BCUT2D eigenvalue weighted by molar-refractivity contribution is -0.150. The van der Waals surface area contributed by atoms with E-state index in [9.17, 15) is 19.2 Å². The Balaban J connectivity index is 1.50. The molecule has 9 nitrogen and oxygen atoms in total. The minimum Gasteiger partial charge on any atom is -0.454 e. The minimum atomic E-state index is -0.973. The Hall–Kier alpha value is -3.06. The van der Waals surface area contributed by atoms with Gasteiger partial charge in [-0.3, -0.25) is 19.3 Å². The predicted octanol–water partition coefficient (Wildman–Crippen LogP) is 1.50. The van der Waals surface area contributed by atoms with Crippen molar-refractivity contribution in [3.63, 3.8) is 0 Å². The second-order valence-corrected chi connectivity index (χ2v) is 7.97. The van der Waals surface area contributed by atoms with E-state index in [4.69, 9.17) is 10.00 Å². The largest absolute Gasteiger partial charge is 0.454 e. The van der Waals surface area contributed by atoms with Gasteiger partial charge in [-0.15, -0.1) is 11.8 Å². The first-order valence-corrected chi connectivity index (χ1v) is 10.0. The fourth-order valence-corrected chi connectivity index (χ4v) is 3.78. The smallest absolute Gasteiger partial charge is 0.326 e. The van der Waals surface area contributed by atoms with Crippen molar-refractivity contribution in [1.82, 2.24) is 10.2 Å². The van der Waals surface area contributed by atoms with Gasteiger partial charge in [0.1, 0.15) is 12.1 Å². The molecule has 0 bridgehead atoms. The number of urea groups is 1. The molecule has 2 aliphatic rings. The molecule has 10 heteroatoms. The van der Waals surface area contributed by atoms with Gasteiger partial charge in [-0.1, -0.05) is 12.1 Å². The number of esters is 1. The normalized spacial score (nSPS) is 20.8. The lowest BCUT2D eigenvalue weighted by Gasteiger charge is -2.20. The van der Waals surface area contributed by atoms with E-state index < -0.39 is 42.5 Å². The molecule has 152 valence electrons. The molecular formula is C19H20N4O5S. The van der Waals surface area contributed by atoms with Crippen LogP contribution in [0.25, 0.3) is 0 Å². The van der Waals surface area contributed by atoms with Gasteiger partial charge in [0.05, 0.1) is 17.5 Å². The van der Waals surface area contributed by atoms with Crippen LogP contribution in [0.4, 0.5) is 10.5 Å². The number of anilines is 1. The maximum atomic E-state index is 12.5. The van der Waals surface area contributed by atoms with Crippen molar-refractivity contribution in [3.8, 4) is 6.07 Å². The van der Waals surface area contributed by atoms with Crippen molar-refractivity contribution in [1.29, 1.82) is 5.26 Å². The molecule has 1 saturated carbocycles. The average Bonchev–Trinajstić information content (AvgIpc) is 3.52. The highest BCUT2D eigenvalue weighted by Crippen LogP contribution is 2.42. The van der Waals surface area contributed by atoms with Gasteiger partial charge in [-0.2, -0.15) is 5.26 Å². The second-order valence-electron chi connectivity index (χ2n) is 6.95. The topological polar surface area (TPSA) is 129 Å². The van der Waals surface area contributed by atoms with Crippen LogP contribution in [0.2, 0.25) is 0 Å². The third-order valence-corrected chi connectivity index (χ3v) is 5.74. The Morgan fingerprint density at radius 3 is 2.79 bits per heavy atom. The van der Waals surface area contributed by atoms with Crippen LogP contribution in [0.15, 0.2) is 29.2 Å². The molecule has 1 aromatic rings. The molecule has 1 atom stereocenters. The van der Waals surface area contributed by atoms with Gasteiger partial charge in [-0.25, -0.2) is 4.79 Å². The number of nitrogens with one attached hydrogen (secondary N) is 2. The number of nitriles is 1. The van der Waals surface area contributed by atoms with Crippen molar-refractivity contribution in [2.45, 2.75) is 30.2 Å². The first-order valence-electron chi connectivity index (χ1n) is 9.03. The van der Waals surface area contributed by atoms with Crippen LogP contribution >= 0.6 is 11.8 Å². The van der Waals surface area contributed by atoms with E-state index in [-0.39, 0.29) is 11.7 Å². The van der Waals surface area contributed by atoms with Gasteiger partial charge >= 0.3 is 12.0 Å². The summed E-state index contributed by atoms with van der Waals surface area (Å²) in [4.78, 5) is 50.2. The molecule has 2 N–H and O–H groups in total. The molecule has 4 amide bonds. The number of nitrogens with zero attached hydrogens (tertiary/aromatic N) is 2. The predicted molar refractivity (Wildman–Crippen MR) is 104 cm³/mol. The number of hydrogen-bond acceptors (Lipinski definition) is 7. The average molecular weight is 416 g/mol. The second kappa shape index (κ2) is 8.53. The molecule has 29 heavy (non-hydrogen) atoms. The van der Waals surface area contributed by atoms with Gasteiger partial charge in [0.2, 0.25) is 0 Å². The Labute approximate surface area is 171 Å². The monoisotopic (exact) mass is 416 g/mol. The summed E-state index contributed by atoms with van der Waals surface area (Å²) in [5.74, 6) is -1.55. The van der Waals surface area contributed by atoms with Crippen molar-refractivity contribution in [2.24, 2.45) is 5.92 Å². The quantitative estimate of drug-likeness (QED) is 0.373. The summed E-state index contributed by atoms with van der Waals surface area (Å²) < 4.78 is 4.92. The Morgan fingerprint density at radius 1 is 1.38 bits per heavy atom. The lowest BCUT2D eigenvalue weighted by Crippen LogP contribution is -2.46. The van der Waals surface area contributed by atoms with Crippen molar-refractivity contribution >= 4 is 41.3 Å². The number of hydrogen-bond donors (Lipinski definition) is 2. The van der Waals surface area contributed by atoms with E-state index in [0.717, 1.165) is 17.7 Å². The van der Waals surface area contributed by atoms with E-state index in [2.05, 4.69) is 10.6 Å². The number of benzene rings is 1. The zero-order valence-corrected chi connectivity index (χ0v) is 16.6. The van der Waals surface area contributed by atoms with Gasteiger partial charge in [0, 0.05) is 4.90 Å². The van der Waals surface area contributed by atoms with Crippen LogP contribution in [0.3, 0.4) is 0 Å². The lowest BCUT2D eigenvalue weighted by atomic mass is 9.96. The standard InChI is InChI=1S/C19H20N4O5S/c1-19(12-6-7-12)17(26)23(18(27)22-19)10-16(25)28-11-15(24)21-13-4-2-3-5-14(13)29-9-8-20/h2-5,12H,6-7,9-11H2,1H3,(H,21,24)(H,22,27)/t19-/m0/s1. The van der Waals surface area contributed by atoms with Gasteiger partial charge in [-0.05, 0) is 37.8 Å². The highest BCUT2D eigenvalue weighted by atomic mass is 32.2. The van der Waals surface area contributed by atoms with Crippen LogP contribution < -0.4 is 10.6 Å². The van der Waals surface area contributed by atoms with Gasteiger partial charge in [0.15, 0.2) is 6.61 Å². The number of rotatable bonds is 8. The SMILES string of the molecule is C[C@@]1(C2CC2)NC(=O)N(CC(=O)OCC(=O)Nc2ccccc2SCC#N)C1=O. The molecule has 0 unspecified atom stereocenters. The van der Waals surface area contributed by atoms with Gasteiger partial charge in [0.25, 0.3) is 11.8 Å². The summed E-state index contributed by atoms with van der Waals surface area (Å²) in [5, 5.41) is 14.0. The number of ether oxygens (including phenoxy) is 1. The summed E-state index contributed by atoms with van der Waals surface area (Å²) in [7, 11) is 0. The molecule has 3 rings (SSSR count). The molecule has 2 fully saturated rings. The molecule has 1 heterocycles. The summed E-state index contributed by atoms with van der Waals surface area (Å²) in [6, 6.07) is 8.32. The van der Waals surface area contributed by atoms with Crippen molar-refractivity contribution < 1.29 is 23.9 Å². The summed E-state index contributed by atoms with van der Waals surface area (Å²) in [6.07, 6.45) is 1.71. The third-order valence-electron chi connectivity index (χ3n) is 4.80. The molecule has 1 aromatic carbocycles. The maximum Gasteiger partial charge on any atom is 0.326 e. The fraction of sp³-hybridized carbons (Fsp3) is 0.421.